The van der Waals surface area contributed by atoms with Crippen molar-refractivity contribution in [2.45, 2.75) is 20.0 Å². The number of esters is 1. The molecule has 1 aromatic heterocycles. The van der Waals surface area contributed by atoms with Crippen molar-refractivity contribution in [1.82, 2.24) is 0 Å². The van der Waals surface area contributed by atoms with Crippen LogP contribution < -0.4 is 4.74 Å². The molecule has 0 aliphatic heterocycles. The van der Waals surface area contributed by atoms with Gasteiger partial charge in [0.25, 0.3) is 0 Å². The maximum Gasteiger partial charge on any atom is 0.348 e. The molecule has 0 saturated carbocycles. The van der Waals surface area contributed by atoms with Crippen LogP contribution >= 0.6 is 27.3 Å². The molecule has 0 amide bonds. The van der Waals surface area contributed by atoms with E-state index in [0.717, 1.165) is 20.3 Å². The highest BCUT2D eigenvalue weighted by atomic mass is 79.9. The summed E-state index contributed by atoms with van der Waals surface area (Å²) in [5.74, 6) is 0.480. The van der Waals surface area contributed by atoms with Crippen molar-refractivity contribution >= 4 is 43.3 Å². The van der Waals surface area contributed by atoms with E-state index in [1.807, 2.05) is 32.0 Å². The summed E-state index contributed by atoms with van der Waals surface area (Å²) in [6, 6.07) is 5.67. The van der Waals surface area contributed by atoms with Crippen LogP contribution in [-0.4, -0.2) is 19.2 Å². The summed E-state index contributed by atoms with van der Waals surface area (Å²) in [5.41, 5.74) is 0. The summed E-state index contributed by atoms with van der Waals surface area (Å²) in [6.45, 7) is 3.96. The summed E-state index contributed by atoms with van der Waals surface area (Å²) < 4.78 is 12.3. The number of benzene rings is 1. The molecule has 0 radical (unpaired) electrons. The van der Waals surface area contributed by atoms with Crippen LogP contribution in [-0.2, 0) is 4.74 Å². The van der Waals surface area contributed by atoms with Gasteiger partial charge in [-0.1, -0.05) is 0 Å². The Hall–Kier alpha value is -1.07. The molecular formula is C13H13BrO3S. The van der Waals surface area contributed by atoms with Crippen LogP contribution in [0.25, 0.3) is 10.1 Å². The number of methoxy groups -OCH3 is 1. The van der Waals surface area contributed by atoms with Gasteiger partial charge in [-0.15, -0.1) is 11.3 Å². The molecule has 0 N–H and O–H groups in total. The molecule has 0 atom stereocenters. The second kappa shape index (κ2) is 5.28. The zero-order chi connectivity index (χ0) is 13.3. The molecule has 0 saturated heterocycles. The molecule has 5 heteroatoms. The molecular weight excluding hydrogens is 316 g/mol. The zero-order valence-corrected chi connectivity index (χ0v) is 12.7. The minimum Gasteiger partial charge on any atom is -0.491 e. The largest absolute Gasteiger partial charge is 0.491 e. The molecule has 2 rings (SSSR count). The Morgan fingerprint density at radius 2 is 2.06 bits per heavy atom. The van der Waals surface area contributed by atoms with Gasteiger partial charge in [0, 0.05) is 9.17 Å². The van der Waals surface area contributed by atoms with E-state index in [-0.39, 0.29) is 12.1 Å². The van der Waals surface area contributed by atoms with Gasteiger partial charge in [0.1, 0.15) is 10.6 Å². The predicted molar refractivity (Wildman–Crippen MR) is 76.6 cm³/mol. The topological polar surface area (TPSA) is 35.5 Å². The van der Waals surface area contributed by atoms with Gasteiger partial charge < -0.3 is 9.47 Å². The van der Waals surface area contributed by atoms with Crippen LogP contribution in [0.1, 0.15) is 23.5 Å². The lowest BCUT2D eigenvalue weighted by atomic mass is 10.2. The van der Waals surface area contributed by atoms with Crippen LogP contribution in [0.5, 0.6) is 5.75 Å². The van der Waals surface area contributed by atoms with Crippen molar-refractivity contribution in [1.29, 1.82) is 0 Å². The van der Waals surface area contributed by atoms with Gasteiger partial charge in [-0.3, -0.25) is 0 Å². The summed E-state index contributed by atoms with van der Waals surface area (Å²) in [4.78, 5) is 12.1. The standard InChI is InChI=1S/C13H13BrO3S/c1-7(2)17-9-4-8-5-11(13(15)16-3)18-12(8)10(14)6-9/h4-7H,1-3H3. The Balaban J connectivity index is 2.48. The fourth-order valence-corrected chi connectivity index (χ4v) is 3.29. The van der Waals surface area contributed by atoms with E-state index in [2.05, 4.69) is 15.9 Å². The van der Waals surface area contributed by atoms with Crippen molar-refractivity contribution < 1.29 is 14.3 Å². The third-order valence-corrected chi connectivity index (χ3v) is 4.35. The molecule has 2 aromatic rings. The van der Waals surface area contributed by atoms with Gasteiger partial charge in [0.15, 0.2) is 0 Å². The molecule has 0 aliphatic carbocycles. The number of carbonyl (C=O) groups is 1. The van der Waals surface area contributed by atoms with Crippen LogP contribution in [0, 0.1) is 0 Å². The van der Waals surface area contributed by atoms with Crippen LogP contribution in [0.3, 0.4) is 0 Å². The van der Waals surface area contributed by atoms with Crippen molar-refractivity contribution in [3.8, 4) is 5.75 Å². The number of rotatable bonds is 3. The average Bonchev–Trinajstić information content (AvgIpc) is 2.71. The SMILES string of the molecule is COC(=O)c1cc2cc(OC(C)C)cc(Br)c2s1. The first-order chi connectivity index (χ1) is 8.51. The number of halogens is 1. The van der Waals surface area contributed by atoms with Gasteiger partial charge in [0.2, 0.25) is 0 Å². The molecule has 0 aliphatic rings. The fourth-order valence-electron chi connectivity index (χ4n) is 1.63. The number of carbonyl (C=O) groups excluding carboxylic acids is 1. The lowest BCUT2D eigenvalue weighted by molar-refractivity contribution is 0.0606. The number of hydrogen-bond donors (Lipinski definition) is 0. The number of fused-ring (bicyclic) bond motifs is 1. The van der Waals surface area contributed by atoms with Gasteiger partial charge >= 0.3 is 5.97 Å². The van der Waals surface area contributed by atoms with Crippen LogP contribution in [0.15, 0.2) is 22.7 Å². The maximum absolute atomic E-state index is 11.5. The average molecular weight is 329 g/mol. The molecule has 0 spiro atoms. The lowest BCUT2D eigenvalue weighted by Crippen LogP contribution is -2.05. The Labute approximate surface area is 118 Å². The third kappa shape index (κ3) is 2.67. The van der Waals surface area contributed by atoms with E-state index in [1.165, 1.54) is 18.4 Å². The Morgan fingerprint density at radius 1 is 1.33 bits per heavy atom. The van der Waals surface area contributed by atoms with Crippen LogP contribution in [0.4, 0.5) is 0 Å². The fraction of sp³-hybridized carbons (Fsp3) is 0.308. The van der Waals surface area contributed by atoms with Gasteiger partial charge in [-0.2, -0.15) is 0 Å². The van der Waals surface area contributed by atoms with E-state index >= 15 is 0 Å². The highest BCUT2D eigenvalue weighted by molar-refractivity contribution is 9.10. The van der Waals surface area contributed by atoms with Gasteiger partial charge in [0.05, 0.1) is 13.2 Å². The Kier molecular flexibility index (Phi) is 3.92. The highest BCUT2D eigenvalue weighted by Crippen LogP contribution is 2.36. The van der Waals surface area contributed by atoms with E-state index in [4.69, 9.17) is 9.47 Å². The van der Waals surface area contributed by atoms with Crippen molar-refractivity contribution in [3.63, 3.8) is 0 Å². The second-order valence-electron chi connectivity index (χ2n) is 4.09. The second-order valence-corrected chi connectivity index (χ2v) is 6.00. The molecule has 18 heavy (non-hydrogen) atoms. The van der Waals surface area contributed by atoms with Crippen molar-refractivity contribution in [3.05, 3.63) is 27.5 Å². The van der Waals surface area contributed by atoms with E-state index in [0.29, 0.717) is 4.88 Å². The number of hydrogen-bond acceptors (Lipinski definition) is 4. The molecule has 96 valence electrons. The van der Waals surface area contributed by atoms with Gasteiger partial charge in [-0.25, -0.2) is 4.79 Å². The predicted octanol–water partition coefficient (Wildman–Crippen LogP) is 4.24. The summed E-state index contributed by atoms with van der Waals surface area (Å²) >= 11 is 4.91. The summed E-state index contributed by atoms with van der Waals surface area (Å²) in [5, 5.41) is 0.977. The van der Waals surface area contributed by atoms with E-state index < -0.39 is 0 Å². The number of thiophene rings is 1. The van der Waals surface area contributed by atoms with Crippen molar-refractivity contribution in [2.75, 3.05) is 7.11 Å². The molecule has 1 heterocycles. The lowest BCUT2D eigenvalue weighted by Gasteiger charge is -2.10. The quantitative estimate of drug-likeness (QED) is 0.790. The first kappa shape index (κ1) is 13.4. The van der Waals surface area contributed by atoms with Crippen molar-refractivity contribution in [2.24, 2.45) is 0 Å². The Morgan fingerprint density at radius 3 is 2.67 bits per heavy atom. The highest BCUT2D eigenvalue weighted by Gasteiger charge is 2.13. The molecule has 1 aromatic carbocycles. The molecule has 0 unspecified atom stereocenters. The summed E-state index contributed by atoms with van der Waals surface area (Å²) in [7, 11) is 1.38. The molecule has 0 fully saturated rings. The third-order valence-electron chi connectivity index (χ3n) is 2.30. The normalized spacial score (nSPS) is 10.9. The van der Waals surface area contributed by atoms with Crippen LogP contribution in [0.2, 0.25) is 0 Å². The molecule has 3 nitrogen and oxygen atoms in total. The first-order valence-electron chi connectivity index (χ1n) is 5.49. The Bertz CT molecular complexity index is 589. The monoisotopic (exact) mass is 328 g/mol. The van der Waals surface area contributed by atoms with E-state index in [9.17, 15) is 4.79 Å². The number of ether oxygens (including phenoxy) is 2. The molecule has 0 bridgehead atoms. The minimum absolute atomic E-state index is 0.119. The summed E-state index contributed by atoms with van der Waals surface area (Å²) in [6.07, 6.45) is 0.119. The minimum atomic E-state index is -0.311. The van der Waals surface area contributed by atoms with Gasteiger partial charge in [-0.05, 0) is 53.4 Å². The smallest absolute Gasteiger partial charge is 0.348 e. The van der Waals surface area contributed by atoms with E-state index in [1.54, 1.807) is 0 Å². The maximum atomic E-state index is 11.5. The first-order valence-corrected chi connectivity index (χ1v) is 7.10. The zero-order valence-electron chi connectivity index (χ0n) is 10.3.